The molecule has 5 nitrogen and oxygen atoms in total. The van der Waals surface area contributed by atoms with Gasteiger partial charge in [0, 0.05) is 34.4 Å². The number of ether oxygens (including phenoxy) is 1. The molecule has 0 saturated carbocycles. The number of rotatable bonds is 5. The number of esters is 1. The molecule has 1 aliphatic carbocycles. The molecule has 1 aromatic carbocycles. The molecule has 1 heterocycles. The van der Waals surface area contributed by atoms with Gasteiger partial charge in [-0.05, 0) is 31.1 Å². The second-order valence-electron chi connectivity index (χ2n) is 5.82. The first-order chi connectivity index (χ1) is 12.0. The fourth-order valence-corrected chi connectivity index (χ4v) is 3.03. The van der Waals surface area contributed by atoms with E-state index in [0.717, 1.165) is 0 Å². The summed E-state index contributed by atoms with van der Waals surface area (Å²) in [5, 5.41) is 11.0. The Kier molecular flexibility index (Phi) is 4.95. The molecule has 6 heteroatoms. The maximum atomic E-state index is 12.9. The third kappa shape index (κ3) is 3.61. The van der Waals surface area contributed by atoms with Crippen molar-refractivity contribution in [3.8, 4) is 5.75 Å². The lowest BCUT2D eigenvalue weighted by Gasteiger charge is -2.12. The van der Waals surface area contributed by atoms with Crippen LogP contribution in [0.5, 0.6) is 5.75 Å². The number of halogens is 1. The molecule has 0 amide bonds. The number of aromatic hydroxyl groups is 1. The number of Topliss-reactive ketones (excluding diaryl/α,β-unsaturated/α-hetero) is 1. The lowest BCUT2D eigenvalue weighted by atomic mass is 9.92. The van der Waals surface area contributed by atoms with Gasteiger partial charge in [0.05, 0.1) is 7.11 Å². The summed E-state index contributed by atoms with van der Waals surface area (Å²) in [6.45, 7) is 0. The zero-order valence-corrected chi connectivity index (χ0v) is 14.4. The summed E-state index contributed by atoms with van der Waals surface area (Å²) in [6, 6.07) is 4.67. The predicted octanol–water partition coefficient (Wildman–Crippen LogP) is 4.13. The number of carbonyl (C=O) groups excluding carboxylic acids is 2. The van der Waals surface area contributed by atoms with Gasteiger partial charge >= 0.3 is 5.97 Å². The second kappa shape index (κ2) is 7.15. The largest absolute Gasteiger partial charge is 0.508 e. The standard InChI is InChI=1S/C19H17ClO5/c1-24-17(22)9-8-15-14-7-6-13(21)10-16(14)25-19(15)18(23)11-2-4-12(20)5-3-11/h2,4-7,10-11,21H,3,8-9H2,1H3. The maximum absolute atomic E-state index is 12.9. The van der Waals surface area contributed by atoms with Crippen LogP contribution in [-0.4, -0.2) is 24.0 Å². The Morgan fingerprint density at radius 2 is 2.20 bits per heavy atom. The van der Waals surface area contributed by atoms with Crippen LogP contribution >= 0.6 is 11.6 Å². The van der Waals surface area contributed by atoms with Crippen LogP contribution in [0.4, 0.5) is 0 Å². The molecule has 0 saturated heterocycles. The molecule has 0 spiro atoms. The van der Waals surface area contributed by atoms with Gasteiger partial charge in [0.1, 0.15) is 11.3 Å². The molecule has 1 atom stereocenters. The molecule has 1 unspecified atom stereocenters. The first-order valence-corrected chi connectivity index (χ1v) is 8.26. The molecule has 2 aromatic rings. The van der Waals surface area contributed by atoms with E-state index in [2.05, 4.69) is 4.74 Å². The van der Waals surface area contributed by atoms with Crippen molar-refractivity contribution in [2.45, 2.75) is 19.3 Å². The van der Waals surface area contributed by atoms with E-state index >= 15 is 0 Å². The quantitative estimate of drug-likeness (QED) is 0.641. The highest BCUT2D eigenvalue weighted by molar-refractivity contribution is 6.31. The minimum absolute atomic E-state index is 0.0482. The van der Waals surface area contributed by atoms with Crippen molar-refractivity contribution in [2.75, 3.05) is 7.11 Å². The van der Waals surface area contributed by atoms with Crippen LogP contribution in [0.2, 0.25) is 0 Å². The molecule has 0 aliphatic heterocycles. The van der Waals surface area contributed by atoms with Crippen molar-refractivity contribution in [3.63, 3.8) is 0 Å². The summed E-state index contributed by atoms with van der Waals surface area (Å²) in [7, 11) is 1.32. The zero-order valence-electron chi connectivity index (χ0n) is 13.6. The molecule has 1 aromatic heterocycles. The highest BCUT2D eigenvalue weighted by Crippen LogP contribution is 2.33. The second-order valence-corrected chi connectivity index (χ2v) is 6.26. The number of furan rings is 1. The van der Waals surface area contributed by atoms with E-state index < -0.39 is 0 Å². The molecule has 25 heavy (non-hydrogen) atoms. The summed E-state index contributed by atoms with van der Waals surface area (Å²) in [5.74, 6) is -0.641. The van der Waals surface area contributed by atoms with Gasteiger partial charge in [-0.2, -0.15) is 0 Å². The van der Waals surface area contributed by atoms with Gasteiger partial charge in [-0.25, -0.2) is 0 Å². The molecular formula is C19H17ClO5. The molecule has 1 N–H and O–H groups in total. The number of phenols is 1. The summed E-state index contributed by atoms with van der Waals surface area (Å²) < 4.78 is 10.4. The van der Waals surface area contributed by atoms with E-state index in [0.29, 0.717) is 34.4 Å². The number of allylic oxidation sites excluding steroid dienone is 4. The van der Waals surface area contributed by atoms with Gasteiger partial charge in [-0.1, -0.05) is 23.8 Å². The molecule has 3 rings (SSSR count). The number of hydrogen-bond acceptors (Lipinski definition) is 5. The molecular weight excluding hydrogens is 344 g/mol. The SMILES string of the molecule is COC(=O)CCc1c(C(=O)C2C=CC(Cl)=CC2)oc2cc(O)ccc12. The van der Waals surface area contributed by atoms with Gasteiger partial charge < -0.3 is 14.3 Å². The molecule has 1 aliphatic rings. The smallest absolute Gasteiger partial charge is 0.305 e. The van der Waals surface area contributed by atoms with Crippen molar-refractivity contribution >= 4 is 34.3 Å². The van der Waals surface area contributed by atoms with Gasteiger partial charge in [0.2, 0.25) is 5.78 Å². The Morgan fingerprint density at radius 1 is 1.40 bits per heavy atom. The number of ketones is 1. The molecule has 130 valence electrons. The van der Waals surface area contributed by atoms with Crippen LogP contribution in [0.1, 0.15) is 29.0 Å². The lowest BCUT2D eigenvalue weighted by Crippen LogP contribution is -2.15. The minimum atomic E-state index is -0.367. The maximum Gasteiger partial charge on any atom is 0.305 e. The van der Waals surface area contributed by atoms with Gasteiger partial charge in [0.15, 0.2) is 5.76 Å². The topological polar surface area (TPSA) is 76.7 Å². The van der Waals surface area contributed by atoms with Gasteiger partial charge in [-0.3, -0.25) is 9.59 Å². The molecule has 0 bridgehead atoms. The van der Waals surface area contributed by atoms with Crippen LogP contribution in [0.25, 0.3) is 11.0 Å². The average Bonchev–Trinajstić information content (AvgIpc) is 2.97. The monoisotopic (exact) mass is 360 g/mol. The number of aryl methyl sites for hydroxylation is 1. The number of fused-ring (bicyclic) bond motifs is 1. The predicted molar refractivity (Wildman–Crippen MR) is 93.7 cm³/mol. The zero-order chi connectivity index (χ0) is 18.0. The van der Waals surface area contributed by atoms with Crippen LogP contribution in [0.3, 0.4) is 0 Å². The van der Waals surface area contributed by atoms with Crippen LogP contribution in [0, 0.1) is 5.92 Å². The van der Waals surface area contributed by atoms with Gasteiger partial charge in [0.25, 0.3) is 0 Å². The summed E-state index contributed by atoms with van der Waals surface area (Å²) >= 11 is 5.91. The minimum Gasteiger partial charge on any atom is -0.508 e. The van der Waals surface area contributed by atoms with Gasteiger partial charge in [-0.15, -0.1) is 0 Å². The Morgan fingerprint density at radius 3 is 2.88 bits per heavy atom. The van der Waals surface area contributed by atoms with Crippen LogP contribution in [0.15, 0.2) is 45.9 Å². The Labute approximate surface area is 149 Å². The van der Waals surface area contributed by atoms with Crippen molar-refractivity contribution in [1.82, 2.24) is 0 Å². The summed E-state index contributed by atoms with van der Waals surface area (Å²) in [5.41, 5.74) is 1.07. The third-order valence-corrected chi connectivity index (χ3v) is 4.48. The highest BCUT2D eigenvalue weighted by Gasteiger charge is 2.27. The van der Waals surface area contributed by atoms with E-state index in [9.17, 15) is 14.7 Å². The summed E-state index contributed by atoms with van der Waals surface area (Å²) in [4.78, 5) is 24.4. The fourth-order valence-electron chi connectivity index (χ4n) is 2.87. The lowest BCUT2D eigenvalue weighted by molar-refractivity contribution is -0.140. The Balaban J connectivity index is 1.99. The normalized spacial score (nSPS) is 16.7. The number of methoxy groups -OCH3 is 1. The van der Waals surface area contributed by atoms with Crippen molar-refractivity contribution < 1.29 is 23.8 Å². The number of hydrogen-bond donors (Lipinski definition) is 1. The van der Waals surface area contributed by atoms with Crippen LogP contribution in [-0.2, 0) is 16.0 Å². The Bertz CT molecular complexity index is 891. The number of carbonyl (C=O) groups is 2. The van der Waals surface area contributed by atoms with E-state index in [4.69, 9.17) is 16.0 Å². The van der Waals surface area contributed by atoms with Crippen molar-refractivity contribution in [1.29, 1.82) is 0 Å². The highest BCUT2D eigenvalue weighted by atomic mass is 35.5. The van der Waals surface area contributed by atoms with Crippen molar-refractivity contribution in [2.24, 2.45) is 5.92 Å². The van der Waals surface area contributed by atoms with Crippen molar-refractivity contribution in [3.05, 3.63) is 52.8 Å². The molecule has 0 fully saturated rings. The van der Waals surface area contributed by atoms with Crippen LogP contribution < -0.4 is 0 Å². The number of benzene rings is 1. The summed E-state index contributed by atoms with van der Waals surface area (Å²) in [6.07, 6.45) is 6.17. The van der Waals surface area contributed by atoms with E-state index in [1.54, 1.807) is 24.3 Å². The molecule has 0 radical (unpaired) electrons. The van der Waals surface area contributed by atoms with E-state index in [-0.39, 0.29) is 35.6 Å². The van der Waals surface area contributed by atoms with E-state index in [1.807, 2.05) is 0 Å². The first-order valence-electron chi connectivity index (χ1n) is 7.89. The number of phenolic OH excluding ortho intramolecular Hbond substituents is 1. The first kappa shape index (κ1) is 17.3. The third-order valence-electron chi connectivity index (χ3n) is 4.20. The Hall–Kier alpha value is -2.53. The fraction of sp³-hybridized carbons (Fsp3) is 0.263. The van der Waals surface area contributed by atoms with E-state index in [1.165, 1.54) is 19.2 Å². The average molecular weight is 361 g/mol.